The minimum Gasteiger partial charge on any atom is -0.444 e. The lowest BCUT2D eigenvalue weighted by Crippen LogP contribution is -2.50. The lowest BCUT2D eigenvalue weighted by molar-refractivity contribution is 0.0240. The monoisotopic (exact) mass is 385 g/mol. The molecule has 2 aromatic carbocycles. The van der Waals surface area contributed by atoms with E-state index in [1.165, 1.54) is 12.1 Å². The summed E-state index contributed by atoms with van der Waals surface area (Å²) in [7, 11) is 0. The second kappa shape index (κ2) is 8.50. The van der Waals surface area contributed by atoms with Gasteiger partial charge in [0, 0.05) is 44.1 Å². The number of benzene rings is 2. The Morgan fingerprint density at radius 3 is 2.18 bits per heavy atom. The van der Waals surface area contributed by atoms with Crippen molar-refractivity contribution in [2.24, 2.45) is 0 Å². The van der Waals surface area contributed by atoms with Crippen molar-refractivity contribution in [3.8, 4) is 0 Å². The van der Waals surface area contributed by atoms with E-state index in [-0.39, 0.29) is 11.9 Å². The van der Waals surface area contributed by atoms with Gasteiger partial charge in [0.1, 0.15) is 11.4 Å². The summed E-state index contributed by atoms with van der Waals surface area (Å²) in [6.07, 6.45) is -0.243. The number of carbonyl (C=O) groups is 1. The predicted molar refractivity (Wildman–Crippen MR) is 110 cm³/mol. The van der Waals surface area contributed by atoms with Crippen molar-refractivity contribution in [2.45, 2.75) is 32.9 Å². The summed E-state index contributed by atoms with van der Waals surface area (Å²) in [5, 5.41) is 3.34. The van der Waals surface area contributed by atoms with Gasteiger partial charge in [0.15, 0.2) is 0 Å². The summed E-state index contributed by atoms with van der Waals surface area (Å²) in [6.45, 7) is 9.16. The highest BCUT2D eigenvalue weighted by atomic mass is 19.1. The van der Waals surface area contributed by atoms with E-state index >= 15 is 0 Å². The Morgan fingerprint density at radius 1 is 1.00 bits per heavy atom. The Labute approximate surface area is 166 Å². The number of piperazine rings is 1. The summed E-state index contributed by atoms with van der Waals surface area (Å²) in [5.41, 5.74) is 2.71. The molecule has 1 N–H and O–H groups in total. The second-order valence-corrected chi connectivity index (χ2v) is 7.98. The summed E-state index contributed by atoms with van der Waals surface area (Å²) >= 11 is 0. The highest BCUT2D eigenvalue weighted by Crippen LogP contribution is 2.21. The van der Waals surface area contributed by atoms with E-state index in [9.17, 15) is 9.18 Å². The third-order valence-corrected chi connectivity index (χ3v) is 4.57. The smallest absolute Gasteiger partial charge is 0.410 e. The second-order valence-electron chi connectivity index (χ2n) is 7.98. The zero-order valence-corrected chi connectivity index (χ0v) is 16.7. The summed E-state index contributed by atoms with van der Waals surface area (Å²) in [6, 6.07) is 14.7. The fourth-order valence-electron chi connectivity index (χ4n) is 3.07. The van der Waals surface area contributed by atoms with Crippen LogP contribution >= 0.6 is 0 Å². The molecule has 0 radical (unpaired) electrons. The van der Waals surface area contributed by atoms with Crippen LogP contribution in [0.15, 0.2) is 48.5 Å². The largest absolute Gasteiger partial charge is 0.444 e. The molecule has 1 fully saturated rings. The highest BCUT2D eigenvalue weighted by molar-refractivity contribution is 5.68. The van der Waals surface area contributed by atoms with E-state index in [2.05, 4.69) is 22.3 Å². The van der Waals surface area contributed by atoms with E-state index < -0.39 is 5.60 Å². The van der Waals surface area contributed by atoms with Crippen LogP contribution in [0.4, 0.5) is 20.6 Å². The van der Waals surface area contributed by atoms with Crippen molar-refractivity contribution in [1.29, 1.82) is 0 Å². The van der Waals surface area contributed by atoms with Gasteiger partial charge in [-0.1, -0.05) is 12.1 Å². The minimum atomic E-state index is -0.467. The fourth-order valence-corrected chi connectivity index (χ4v) is 3.07. The number of hydrogen-bond donors (Lipinski definition) is 1. The number of rotatable bonds is 4. The van der Waals surface area contributed by atoms with Crippen LogP contribution in [0.3, 0.4) is 0 Å². The number of hydrogen-bond acceptors (Lipinski definition) is 4. The summed E-state index contributed by atoms with van der Waals surface area (Å²) in [5.74, 6) is -0.222. The highest BCUT2D eigenvalue weighted by Gasteiger charge is 2.25. The van der Waals surface area contributed by atoms with Gasteiger partial charge in [-0.25, -0.2) is 9.18 Å². The predicted octanol–water partition coefficient (Wildman–Crippen LogP) is 4.49. The van der Waals surface area contributed by atoms with Gasteiger partial charge in [0.2, 0.25) is 0 Å². The zero-order valence-electron chi connectivity index (χ0n) is 16.7. The van der Waals surface area contributed by atoms with E-state index in [1.54, 1.807) is 17.0 Å². The van der Waals surface area contributed by atoms with Gasteiger partial charge in [0.25, 0.3) is 0 Å². The molecule has 1 aliphatic rings. The van der Waals surface area contributed by atoms with Crippen LogP contribution in [0.1, 0.15) is 26.3 Å². The summed E-state index contributed by atoms with van der Waals surface area (Å²) < 4.78 is 18.4. The van der Waals surface area contributed by atoms with Gasteiger partial charge in [-0.3, -0.25) is 0 Å². The Balaban J connectivity index is 1.49. The Morgan fingerprint density at radius 2 is 1.61 bits per heavy atom. The van der Waals surface area contributed by atoms with E-state index in [0.29, 0.717) is 19.6 Å². The van der Waals surface area contributed by atoms with Crippen LogP contribution in [0.25, 0.3) is 0 Å². The molecule has 150 valence electrons. The van der Waals surface area contributed by atoms with Gasteiger partial charge in [-0.2, -0.15) is 0 Å². The maximum atomic E-state index is 13.0. The molecule has 1 saturated heterocycles. The van der Waals surface area contributed by atoms with Gasteiger partial charge in [-0.15, -0.1) is 0 Å². The lowest BCUT2D eigenvalue weighted by Gasteiger charge is -2.36. The quantitative estimate of drug-likeness (QED) is 0.842. The lowest BCUT2D eigenvalue weighted by atomic mass is 10.2. The molecule has 1 heterocycles. The Bertz CT molecular complexity index is 777. The van der Waals surface area contributed by atoms with Gasteiger partial charge >= 0.3 is 6.09 Å². The van der Waals surface area contributed by atoms with Crippen molar-refractivity contribution in [3.05, 3.63) is 59.9 Å². The number of amides is 1. The third-order valence-electron chi connectivity index (χ3n) is 4.57. The van der Waals surface area contributed by atoms with Crippen molar-refractivity contribution < 1.29 is 13.9 Å². The van der Waals surface area contributed by atoms with Crippen LogP contribution < -0.4 is 10.2 Å². The molecular formula is C22H28FN3O2. The van der Waals surface area contributed by atoms with Crippen LogP contribution in [-0.2, 0) is 11.3 Å². The van der Waals surface area contributed by atoms with Gasteiger partial charge < -0.3 is 19.9 Å². The molecule has 0 saturated carbocycles. The molecule has 0 spiro atoms. The number of ether oxygens (including phenoxy) is 1. The number of nitrogens with zero attached hydrogens (tertiary/aromatic N) is 2. The molecule has 0 aliphatic carbocycles. The normalized spacial score (nSPS) is 14.7. The van der Waals surface area contributed by atoms with Crippen LogP contribution in [0.5, 0.6) is 0 Å². The Hall–Kier alpha value is -2.76. The first-order chi connectivity index (χ1) is 13.3. The van der Waals surface area contributed by atoms with E-state index in [4.69, 9.17) is 4.74 Å². The molecule has 5 nitrogen and oxygen atoms in total. The molecule has 0 unspecified atom stereocenters. The molecular weight excluding hydrogens is 357 g/mol. The van der Waals surface area contributed by atoms with Crippen molar-refractivity contribution >= 4 is 17.5 Å². The van der Waals surface area contributed by atoms with Gasteiger partial charge in [-0.05, 0) is 62.7 Å². The molecule has 6 heteroatoms. The molecule has 3 rings (SSSR count). The maximum Gasteiger partial charge on any atom is 0.410 e. The molecule has 1 aliphatic heterocycles. The SMILES string of the molecule is CC(C)(C)OC(=O)N1CCN(c2ccc(NCc3ccc(F)cc3)cc2)CC1. The molecule has 0 aromatic heterocycles. The van der Waals surface area contributed by atoms with Crippen molar-refractivity contribution in [1.82, 2.24) is 4.90 Å². The fraction of sp³-hybridized carbons (Fsp3) is 0.409. The average Bonchev–Trinajstić information content (AvgIpc) is 2.67. The number of anilines is 2. The molecule has 0 bridgehead atoms. The van der Waals surface area contributed by atoms with Crippen molar-refractivity contribution in [3.63, 3.8) is 0 Å². The minimum absolute atomic E-state index is 0.222. The average molecular weight is 385 g/mol. The third kappa shape index (κ3) is 5.62. The zero-order chi connectivity index (χ0) is 20.1. The van der Waals surface area contributed by atoms with Crippen molar-refractivity contribution in [2.75, 3.05) is 36.4 Å². The maximum absolute atomic E-state index is 13.0. The topological polar surface area (TPSA) is 44.8 Å². The number of halogens is 1. The molecule has 1 amide bonds. The standard InChI is InChI=1S/C22H28FN3O2/c1-22(2,3)28-21(27)26-14-12-25(13-15-26)20-10-8-19(9-11-20)24-16-17-4-6-18(23)7-5-17/h4-11,24H,12-16H2,1-3H3. The van der Waals surface area contributed by atoms with E-state index in [1.807, 2.05) is 32.9 Å². The first kappa shape index (κ1) is 20.0. The van der Waals surface area contributed by atoms with Crippen LogP contribution in [-0.4, -0.2) is 42.8 Å². The van der Waals surface area contributed by atoms with Gasteiger partial charge in [0.05, 0.1) is 0 Å². The molecule has 28 heavy (non-hydrogen) atoms. The number of carbonyl (C=O) groups excluding carboxylic acids is 1. The molecule has 2 aromatic rings. The van der Waals surface area contributed by atoms with E-state index in [0.717, 1.165) is 30.0 Å². The van der Waals surface area contributed by atoms with Crippen LogP contribution in [0, 0.1) is 5.82 Å². The first-order valence-corrected chi connectivity index (χ1v) is 9.61. The number of nitrogens with one attached hydrogen (secondary N) is 1. The Kier molecular flexibility index (Phi) is 6.07. The molecule has 0 atom stereocenters. The first-order valence-electron chi connectivity index (χ1n) is 9.61. The summed E-state index contributed by atoms with van der Waals surface area (Å²) in [4.78, 5) is 16.2. The van der Waals surface area contributed by atoms with Crippen LogP contribution in [0.2, 0.25) is 0 Å².